The molecule has 28 heavy (non-hydrogen) atoms. The number of nitrogens with zero attached hydrogens (tertiary/aromatic N) is 2. The third kappa shape index (κ3) is 4.29. The molecule has 0 spiro atoms. The molecule has 2 aromatic carbocycles. The van der Waals surface area contributed by atoms with Gasteiger partial charge in [0.15, 0.2) is 0 Å². The van der Waals surface area contributed by atoms with Gasteiger partial charge in [0, 0.05) is 30.1 Å². The van der Waals surface area contributed by atoms with Crippen LogP contribution in [0.5, 0.6) is 0 Å². The summed E-state index contributed by atoms with van der Waals surface area (Å²) >= 11 is 0. The van der Waals surface area contributed by atoms with Gasteiger partial charge in [-0.05, 0) is 17.7 Å². The van der Waals surface area contributed by atoms with Crippen LogP contribution in [0.3, 0.4) is 0 Å². The van der Waals surface area contributed by atoms with E-state index in [4.69, 9.17) is 4.74 Å². The first-order chi connectivity index (χ1) is 13.5. The highest BCUT2D eigenvalue weighted by molar-refractivity contribution is 5.99. The van der Waals surface area contributed by atoms with Crippen molar-refractivity contribution in [3.63, 3.8) is 0 Å². The van der Waals surface area contributed by atoms with E-state index >= 15 is 0 Å². The molecule has 3 rings (SSSR count). The van der Waals surface area contributed by atoms with Crippen molar-refractivity contribution >= 4 is 28.5 Å². The number of hydrogen-bond donors (Lipinski definition) is 1. The molecule has 0 fully saturated rings. The summed E-state index contributed by atoms with van der Waals surface area (Å²) in [5.74, 6) is -1.07. The second-order valence-electron chi connectivity index (χ2n) is 6.09. The summed E-state index contributed by atoms with van der Waals surface area (Å²) in [4.78, 5) is 39.2. The van der Waals surface area contributed by atoms with Gasteiger partial charge >= 0.3 is 5.97 Å². The number of carbonyl (C=O) groups is 2. The predicted octanol–water partition coefficient (Wildman–Crippen LogP) is 2.66. The minimum absolute atomic E-state index is 0.0513. The number of aromatic nitrogens is 1. The molecule has 8 nitrogen and oxygen atoms in total. The molecule has 0 unspecified atom stereocenters. The number of benzene rings is 2. The summed E-state index contributed by atoms with van der Waals surface area (Å²) in [5.41, 5.74) is 1.67. The lowest BCUT2D eigenvalue weighted by molar-refractivity contribution is -0.384. The first-order valence-corrected chi connectivity index (χ1v) is 8.45. The number of nitrogens with one attached hydrogen (secondary N) is 1. The van der Waals surface area contributed by atoms with Crippen LogP contribution < -0.4 is 5.32 Å². The molecule has 0 aliphatic heterocycles. The standard InChI is InChI=1S/C20H17N3O5/c1-28-20(25)18(10-13-6-8-16(9-7-13)23(26)27)22-19(24)15-11-14-4-2-3-5-17(14)21-12-15/h2-9,11-12,18H,10H2,1H3,(H,22,24)/t18-/m1/s1. The van der Waals surface area contributed by atoms with Gasteiger partial charge in [-0.25, -0.2) is 4.79 Å². The first kappa shape index (κ1) is 19.0. The van der Waals surface area contributed by atoms with Crippen molar-refractivity contribution in [3.05, 3.63) is 82.0 Å². The Morgan fingerprint density at radius 1 is 1.18 bits per heavy atom. The Hall–Kier alpha value is -3.81. The first-order valence-electron chi connectivity index (χ1n) is 8.45. The normalized spacial score (nSPS) is 11.6. The Balaban J connectivity index is 1.78. The molecular formula is C20H17N3O5. The lowest BCUT2D eigenvalue weighted by Gasteiger charge is -2.16. The minimum Gasteiger partial charge on any atom is -0.467 e. The highest BCUT2D eigenvalue weighted by atomic mass is 16.6. The maximum atomic E-state index is 12.6. The van der Waals surface area contributed by atoms with Crippen molar-refractivity contribution in [1.82, 2.24) is 10.3 Å². The Morgan fingerprint density at radius 2 is 1.89 bits per heavy atom. The van der Waals surface area contributed by atoms with Crippen LogP contribution in [0.2, 0.25) is 0 Å². The summed E-state index contributed by atoms with van der Waals surface area (Å²) < 4.78 is 4.78. The van der Waals surface area contributed by atoms with Crippen LogP contribution in [0.15, 0.2) is 60.8 Å². The molecule has 0 radical (unpaired) electrons. The number of esters is 1. The van der Waals surface area contributed by atoms with E-state index in [0.717, 1.165) is 10.9 Å². The molecule has 1 amide bonds. The smallest absolute Gasteiger partial charge is 0.328 e. The van der Waals surface area contributed by atoms with E-state index in [1.165, 1.54) is 37.6 Å². The lowest BCUT2D eigenvalue weighted by Crippen LogP contribution is -2.43. The number of hydrogen-bond acceptors (Lipinski definition) is 6. The number of fused-ring (bicyclic) bond motifs is 1. The highest BCUT2D eigenvalue weighted by Gasteiger charge is 2.23. The second kappa shape index (κ2) is 8.26. The van der Waals surface area contributed by atoms with Crippen LogP contribution in [0.1, 0.15) is 15.9 Å². The van der Waals surface area contributed by atoms with E-state index in [0.29, 0.717) is 11.1 Å². The van der Waals surface area contributed by atoms with Gasteiger partial charge in [-0.15, -0.1) is 0 Å². The molecular weight excluding hydrogens is 362 g/mol. The summed E-state index contributed by atoms with van der Waals surface area (Å²) in [6.45, 7) is 0. The fourth-order valence-electron chi connectivity index (χ4n) is 2.76. The van der Waals surface area contributed by atoms with E-state index in [-0.39, 0.29) is 12.1 Å². The predicted molar refractivity (Wildman–Crippen MR) is 102 cm³/mol. The maximum Gasteiger partial charge on any atom is 0.328 e. The van der Waals surface area contributed by atoms with Crippen molar-refractivity contribution < 1.29 is 19.2 Å². The molecule has 1 N–H and O–H groups in total. The number of nitro benzene ring substituents is 1. The monoisotopic (exact) mass is 379 g/mol. The molecule has 0 aliphatic rings. The SMILES string of the molecule is COC(=O)[C@@H](Cc1ccc([N+](=O)[O-])cc1)NC(=O)c1cnc2ccccc2c1. The average Bonchev–Trinajstić information content (AvgIpc) is 2.72. The van der Waals surface area contributed by atoms with Crippen LogP contribution in [-0.2, 0) is 16.0 Å². The van der Waals surface area contributed by atoms with Crippen LogP contribution in [0, 0.1) is 10.1 Å². The Labute approximate surface area is 160 Å². The van der Waals surface area contributed by atoms with Crippen LogP contribution >= 0.6 is 0 Å². The van der Waals surface area contributed by atoms with E-state index < -0.39 is 22.8 Å². The topological polar surface area (TPSA) is 111 Å². The minimum atomic E-state index is -0.939. The van der Waals surface area contributed by atoms with Crippen LogP contribution in [0.25, 0.3) is 10.9 Å². The third-order valence-electron chi connectivity index (χ3n) is 4.23. The molecule has 0 bridgehead atoms. The van der Waals surface area contributed by atoms with E-state index in [9.17, 15) is 19.7 Å². The van der Waals surface area contributed by atoms with Gasteiger partial charge in [-0.1, -0.05) is 30.3 Å². The number of para-hydroxylation sites is 1. The molecule has 0 saturated heterocycles. The molecule has 1 heterocycles. The summed E-state index contributed by atoms with van der Waals surface area (Å²) in [7, 11) is 1.23. The summed E-state index contributed by atoms with van der Waals surface area (Å²) in [6.07, 6.45) is 1.58. The van der Waals surface area contributed by atoms with Gasteiger partial charge in [-0.2, -0.15) is 0 Å². The second-order valence-corrected chi connectivity index (χ2v) is 6.09. The van der Waals surface area contributed by atoms with Gasteiger partial charge in [0.05, 0.1) is 23.1 Å². The Bertz CT molecular complexity index is 1030. The van der Waals surface area contributed by atoms with E-state index in [1.807, 2.05) is 24.3 Å². The summed E-state index contributed by atoms with van der Waals surface area (Å²) in [5, 5.41) is 14.2. The zero-order chi connectivity index (χ0) is 20.1. The average molecular weight is 379 g/mol. The number of amides is 1. The van der Waals surface area contributed by atoms with Crippen molar-refractivity contribution in [2.45, 2.75) is 12.5 Å². The number of ether oxygens (including phenoxy) is 1. The van der Waals surface area contributed by atoms with Gasteiger partial charge < -0.3 is 10.1 Å². The van der Waals surface area contributed by atoms with Gasteiger partial charge in [0.25, 0.3) is 11.6 Å². The van der Waals surface area contributed by atoms with E-state index in [1.54, 1.807) is 6.07 Å². The number of methoxy groups -OCH3 is 1. The number of non-ortho nitro benzene ring substituents is 1. The zero-order valence-electron chi connectivity index (χ0n) is 15.0. The van der Waals surface area contributed by atoms with Gasteiger partial charge in [0.2, 0.25) is 0 Å². The maximum absolute atomic E-state index is 12.6. The largest absolute Gasteiger partial charge is 0.467 e. The third-order valence-corrected chi connectivity index (χ3v) is 4.23. The van der Waals surface area contributed by atoms with Gasteiger partial charge in [-0.3, -0.25) is 19.9 Å². The molecule has 1 aromatic heterocycles. The van der Waals surface area contributed by atoms with Crippen molar-refractivity contribution in [2.24, 2.45) is 0 Å². The molecule has 0 saturated carbocycles. The fourth-order valence-corrected chi connectivity index (χ4v) is 2.76. The lowest BCUT2D eigenvalue weighted by atomic mass is 10.0. The quantitative estimate of drug-likeness (QED) is 0.400. The van der Waals surface area contributed by atoms with Gasteiger partial charge in [0.1, 0.15) is 6.04 Å². The molecule has 0 aliphatic carbocycles. The number of pyridine rings is 1. The number of carbonyl (C=O) groups excluding carboxylic acids is 2. The van der Waals surface area contributed by atoms with E-state index in [2.05, 4.69) is 10.3 Å². The molecule has 8 heteroatoms. The summed E-state index contributed by atoms with van der Waals surface area (Å²) in [6, 6.07) is 13.9. The van der Waals surface area contributed by atoms with Crippen molar-refractivity contribution in [1.29, 1.82) is 0 Å². The van der Waals surface area contributed by atoms with Crippen LogP contribution in [-0.4, -0.2) is 34.9 Å². The number of nitro groups is 1. The Morgan fingerprint density at radius 3 is 2.57 bits per heavy atom. The fraction of sp³-hybridized carbons (Fsp3) is 0.150. The highest BCUT2D eigenvalue weighted by Crippen LogP contribution is 2.15. The Kier molecular flexibility index (Phi) is 5.59. The van der Waals surface area contributed by atoms with Crippen molar-refractivity contribution in [3.8, 4) is 0 Å². The molecule has 142 valence electrons. The number of rotatable bonds is 6. The van der Waals surface area contributed by atoms with Crippen molar-refractivity contribution in [2.75, 3.05) is 7.11 Å². The molecule has 3 aromatic rings. The zero-order valence-corrected chi connectivity index (χ0v) is 15.0. The van der Waals surface area contributed by atoms with Crippen LogP contribution in [0.4, 0.5) is 5.69 Å². The molecule has 1 atom stereocenters.